The SMILES string of the molecule is COCN(C)CCc1ccccc1OC. The zero-order valence-electron chi connectivity index (χ0n) is 9.69. The van der Waals surface area contributed by atoms with E-state index in [2.05, 4.69) is 11.0 Å². The fourth-order valence-electron chi connectivity index (χ4n) is 1.51. The van der Waals surface area contributed by atoms with Gasteiger partial charge in [0.15, 0.2) is 0 Å². The quantitative estimate of drug-likeness (QED) is 0.666. The number of hydrogen-bond donors (Lipinski definition) is 0. The Morgan fingerprint density at radius 2 is 1.93 bits per heavy atom. The van der Waals surface area contributed by atoms with E-state index in [0.29, 0.717) is 6.73 Å². The molecular weight excluding hydrogens is 190 g/mol. The van der Waals surface area contributed by atoms with Gasteiger partial charge in [0, 0.05) is 13.7 Å². The van der Waals surface area contributed by atoms with Crippen molar-refractivity contribution in [2.45, 2.75) is 6.42 Å². The van der Waals surface area contributed by atoms with E-state index in [1.807, 2.05) is 25.2 Å². The van der Waals surface area contributed by atoms with Crippen LogP contribution in [0.5, 0.6) is 5.75 Å². The molecule has 0 saturated carbocycles. The smallest absolute Gasteiger partial charge is 0.122 e. The van der Waals surface area contributed by atoms with E-state index < -0.39 is 0 Å². The van der Waals surface area contributed by atoms with Crippen LogP contribution < -0.4 is 4.74 Å². The Hall–Kier alpha value is -1.06. The maximum Gasteiger partial charge on any atom is 0.122 e. The summed E-state index contributed by atoms with van der Waals surface area (Å²) in [4.78, 5) is 2.13. The first-order valence-corrected chi connectivity index (χ1v) is 5.07. The lowest BCUT2D eigenvalue weighted by Crippen LogP contribution is -2.23. The second-order valence-corrected chi connectivity index (χ2v) is 3.56. The van der Waals surface area contributed by atoms with Gasteiger partial charge in [-0.15, -0.1) is 0 Å². The number of ether oxygens (including phenoxy) is 2. The standard InChI is InChI=1S/C12H19NO2/c1-13(10-14-2)9-8-11-6-4-5-7-12(11)15-3/h4-7H,8-10H2,1-3H3. The van der Waals surface area contributed by atoms with Crippen molar-refractivity contribution in [3.8, 4) is 5.75 Å². The Bertz CT molecular complexity index is 289. The number of nitrogens with zero attached hydrogens (tertiary/aromatic N) is 1. The molecule has 0 saturated heterocycles. The van der Waals surface area contributed by atoms with Gasteiger partial charge in [0.25, 0.3) is 0 Å². The predicted octanol–water partition coefficient (Wildman–Crippen LogP) is 1.77. The average Bonchev–Trinajstić information content (AvgIpc) is 2.27. The molecule has 0 heterocycles. The Morgan fingerprint density at radius 3 is 2.60 bits per heavy atom. The molecular formula is C12H19NO2. The van der Waals surface area contributed by atoms with Gasteiger partial charge in [-0.1, -0.05) is 18.2 Å². The van der Waals surface area contributed by atoms with Gasteiger partial charge in [-0.05, 0) is 25.1 Å². The van der Waals surface area contributed by atoms with Crippen LogP contribution in [0.15, 0.2) is 24.3 Å². The monoisotopic (exact) mass is 209 g/mol. The zero-order chi connectivity index (χ0) is 11.1. The number of rotatable bonds is 6. The number of para-hydroxylation sites is 1. The van der Waals surface area contributed by atoms with Gasteiger partial charge in [-0.3, -0.25) is 4.90 Å². The molecule has 3 heteroatoms. The van der Waals surface area contributed by atoms with Crippen LogP contribution in [-0.2, 0) is 11.2 Å². The van der Waals surface area contributed by atoms with Crippen molar-refractivity contribution in [2.75, 3.05) is 34.5 Å². The van der Waals surface area contributed by atoms with Crippen LogP contribution in [0.3, 0.4) is 0 Å². The van der Waals surface area contributed by atoms with Gasteiger partial charge < -0.3 is 9.47 Å². The van der Waals surface area contributed by atoms with Crippen LogP contribution >= 0.6 is 0 Å². The number of hydrogen-bond acceptors (Lipinski definition) is 3. The van der Waals surface area contributed by atoms with Gasteiger partial charge in [0.1, 0.15) is 5.75 Å². The molecule has 0 aliphatic heterocycles. The van der Waals surface area contributed by atoms with Crippen molar-refractivity contribution in [3.05, 3.63) is 29.8 Å². The molecule has 0 aliphatic carbocycles. The molecule has 1 aromatic rings. The van der Waals surface area contributed by atoms with E-state index in [9.17, 15) is 0 Å². The van der Waals surface area contributed by atoms with E-state index in [1.165, 1.54) is 5.56 Å². The highest BCUT2D eigenvalue weighted by molar-refractivity contribution is 5.33. The molecule has 3 nitrogen and oxygen atoms in total. The molecule has 0 unspecified atom stereocenters. The summed E-state index contributed by atoms with van der Waals surface area (Å²) in [6.07, 6.45) is 0.976. The summed E-state index contributed by atoms with van der Waals surface area (Å²) < 4.78 is 10.3. The highest BCUT2D eigenvalue weighted by Gasteiger charge is 2.03. The Labute approximate surface area is 91.6 Å². The van der Waals surface area contributed by atoms with Gasteiger partial charge in [-0.25, -0.2) is 0 Å². The molecule has 15 heavy (non-hydrogen) atoms. The van der Waals surface area contributed by atoms with Crippen LogP contribution in [0.1, 0.15) is 5.56 Å². The first-order chi connectivity index (χ1) is 7.27. The molecule has 0 N–H and O–H groups in total. The molecule has 0 atom stereocenters. The van der Waals surface area contributed by atoms with Gasteiger partial charge in [-0.2, -0.15) is 0 Å². The Kier molecular flexibility index (Phi) is 5.15. The van der Waals surface area contributed by atoms with Crippen molar-refractivity contribution in [1.29, 1.82) is 0 Å². The number of methoxy groups -OCH3 is 2. The number of benzene rings is 1. The molecule has 1 aromatic carbocycles. The van der Waals surface area contributed by atoms with E-state index in [-0.39, 0.29) is 0 Å². The van der Waals surface area contributed by atoms with Crippen LogP contribution in [0.4, 0.5) is 0 Å². The van der Waals surface area contributed by atoms with Crippen LogP contribution in [0.2, 0.25) is 0 Å². The minimum absolute atomic E-state index is 0.662. The average molecular weight is 209 g/mol. The van der Waals surface area contributed by atoms with Crippen LogP contribution in [0, 0.1) is 0 Å². The van der Waals surface area contributed by atoms with Gasteiger partial charge >= 0.3 is 0 Å². The summed E-state index contributed by atoms with van der Waals surface area (Å²) in [5, 5.41) is 0. The zero-order valence-corrected chi connectivity index (χ0v) is 9.69. The van der Waals surface area contributed by atoms with E-state index >= 15 is 0 Å². The molecule has 1 rings (SSSR count). The lowest BCUT2D eigenvalue weighted by Gasteiger charge is -2.16. The third-order valence-electron chi connectivity index (χ3n) is 2.30. The number of likely N-dealkylation sites (N-methyl/N-ethyl adjacent to an activating group) is 1. The summed E-state index contributed by atoms with van der Waals surface area (Å²) in [6.45, 7) is 1.63. The van der Waals surface area contributed by atoms with E-state index in [4.69, 9.17) is 9.47 Å². The minimum Gasteiger partial charge on any atom is -0.496 e. The molecule has 0 spiro atoms. The largest absolute Gasteiger partial charge is 0.496 e. The van der Waals surface area contributed by atoms with Crippen molar-refractivity contribution in [1.82, 2.24) is 4.90 Å². The molecule has 0 aliphatic rings. The molecule has 0 aromatic heterocycles. The molecule has 0 radical (unpaired) electrons. The summed E-state index contributed by atoms with van der Waals surface area (Å²) in [7, 11) is 5.45. The van der Waals surface area contributed by atoms with Crippen molar-refractivity contribution >= 4 is 0 Å². The fourth-order valence-corrected chi connectivity index (χ4v) is 1.51. The second kappa shape index (κ2) is 6.43. The molecule has 0 amide bonds. The summed E-state index contributed by atoms with van der Waals surface area (Å²) in [5.74, 6) is 0.961. The van der Waals surface area contributed by atoms with Gasteiger partial charge in [0.2, 0.25) is 0 Å². The maximum absolute atomic E-state index is 5.29. The Morgan fingerprint density at radius 1 is 1.20 bits per heavy atom. The predicted molar refractivity (Wildman–Crippen MR) is 61.2 cm³/mol. The highest BCUT2D eigenvalue weighted by Crippen LogP contribution is 2.17. The van der Waals surface area contributed by atoms with E-state index in [0.717, 1.165) is 18.7 Å². The highest BCUT2D eigenvalue weighted by atomic mass is 16.5. The third-order valence-corrected chi connectivity index (χ3v) is 2.30. The summed E-state index contributed by atoms with van der Waals surface area (Å²) in [6, 6.07) is 8.11. The first kappa shape index (κ1) is 12.0. The molecule has 0 fully saturated rings. The van der Waals surface area contributed by atoms with Crippen molar-refractivity contribution < 1.29 is 9.47 Å². The van der Waals surface area contributed by atoms with Crippen molar-refractivity contribution in [3.63, 3.8) is 0 Å². The normalized spacial score (nSPS) is 10.7. The summed E-state index contributed by atoms with van der Waals surface area (Å²) >= 11 is 0. The van der Waals surface area contributed by atoms with Crippen molar-refractivity contribution in [2.24, 2.45) is 0 Å². The van der Waals surface area contributed by atoms with Crippen LogP contribution in [0.25, 0.3) is 0 Å². The minimum atomic E-state index is 0.662. The summed E-state index contributed by atoms with van der Waals surface area (Å²) in [5.41, 5.74) is 1.24. The first-order valence-electron chi connectivity index (χ1n) is 5.07. The van der Waals surface area contributed by atoms with E-state index in [1.54, 1.807) is 14.2 Å². The lowest BCUT2D eigenvalue weighted by molar-refractivity contribution is 0.0826. The van der Waals surface area contributed by atoms with Gasteiger partial charge in [0.05, 0.1) is 13.8 Å². The third kappa shape index (κ3) is 3.90. The lowest BCUT2D eigenvalue weighted by atomic mass is 10.1. The second-order valence-electron chi connectivity index (χ2n) is 3.56. The maximum atomic E-state index is 5.29. The Balaban J connectivity index is 2.49. The topological polar surface area (TPSA) is 21.7 Å². The molecule has 0 bridgehead atoms. The van der Waals surface area contributed by atoms with Crippen LogP contribution in [-0.4, -0.2) is 39.4 Å². The fraction of sp³-hybridized carbons (Fsp3) is 0.500. The molecule has 84 valence electrons.